The maximum absolute atomic E-state index is 4.47. The van der Waals surface area contributed by atoms with Crippen LogP contribution in [-0.4, -0.2) is 16.7 Å². The first-order valence-electron chi connectivity index (χ1n) is 15.5. The summed E-state index contributed by atoms with van der Waals surface area (Å²) < 4.78 is 1.22. The predicted molar refractivity (Wildman–Crippen MR) is 193 cm³/mol. The number of aromatic amines is 1. The third-order valence-corrected chi connectivity index (χ3v) is 10.7. The zero-order valence-electron chi connectivity index (χ0n) is 28.0. The quantitative estimate of drug-likeness (QED) is 0.204. The summed E-state index contributed by atoms with van der Waals surface area (Å²) >= 11 is 7.41. The van der Waals surface area contributed by atoms with Crippen molar-refractivity contribution < 1.29 is 0 Å². The van der Waals surface area contributed by atoms with Gasteiger partial charge < -0.3 is 4.98 Å². The Kier molecular flexibility index (Phi) is 14.2. The number of H-pyrrole nitrogens is 1. The molecule has 0 saturated carbocycles. The molecule has 0 aromatic carbocycles. The van der Waals surface area contributed by atoms with E-state index < -0.39 is 0 Å². The fourth-order valence-corrected chi connectivity index (χ4v) is 7.98. The summed E-state index contributed by atoms with van der Waals surface area (Å²) in [6.45, 7) is 27.8. The number of nitrogens with one attached hydrogen (secondary N) is 1. The van der Waals surface area contributed by atoms with Gasteiger partial charge in [0.2, 0.25) is 6.71 Å². The van der Waals surface area contributed by atoms with Crippen LogP contribution in [0.25, 0.3) is 0 Å². The van der Waals surface area contributed by atoms with Gasteiger partial charge in [0, 0.05) is 27.6 Å². The van der Waals surface area contributed by atoms with E-state index in [0.29, 0.717) is 12.6 Å². The first kappa shape index (κ1) is 36.1. The lowest BCUT2D eigenvalue weighted by molar-refractivity contribution is 0.385. The van der Waals surface area contributed by atoms with E-state index in [1.54, 1.807) is 0 Å². The molecule has 0 aliphatic heterocycles. The molecule has 41 heavy (non-hydrogen) atoms. The van der Waals surface area contributed by atoms with Crippen LogP contribution in [0, 0.1) is 18.8 Å². The van der Waals surface area contributed by atoms with Crippen molar-refractivity contribution in [3.8, 4) is 0 Å². The van der Waals surface area contributed by atoms with E-state index >= 15 is 0 Å². The van der Waals surface area contributed by atoms with Crippen molar-refractivity contribution in [2.75, 3.05) is 0 Å². The summed E-state index contributed by atoms with van der Waals surface area (Å²) in [4.78, 5) is 10.9. The largest absolute Gasteiger partial charge is 0.346 e. The van der Waals surface area contributed by atoms with Gasteiger partial charge in [-0.25, -0.2) is 4.98 Å². The van der Waals surface area contributed by atoms with Crippen molar-refractivity contribution in [3.05, 3.63) is 60.9 Å². The summed E-state index contributed by atoms with van der Waals surface area (Å²) in [5.74, 6) is 3.44. The zero-order valence-corrected chi connectivity index (χ0v) is 31.2. The number of hydrogen-bond donors (Lipinski definition) is 1. The molecule has 0 amide bonds. The van der Waals surface area contributed by atoms with E-state index in [1.165, 1.54) is 62.4 Å². The third kappa shape index (κ3) is 11.5. The number of imidazole rings is 1. The van der Waals surface area contributed by atoms with Gasteiger partial charge in [-0.1, -0.05) is 121 Å². The monoisotopic (exact) mass is 658 g/mol. The summed E-state index contributed by atoms with van der Waals surface area (Å²) in [7, 11) is 0. The molecular formula is C35H56BBrN2S2. The minimum atomic E-state index is 0.187. The van der Waals surface area contributed by atoms with E-state index in [9.17, 15) is 0 Å². The number of aromatic nitrogens is 2. The minimum absolute atomic E-state index is 0.187. The summed E-state index contributed by atoms with van der Waals surface area (Å²) in [5, 5.41) is 4.52. The Balaban J connectivity index is 0.000000305. The highest BCUT2D eigenvalue weighted by molar-refractivity contribution is 9.11. The van der Waals surface area contributed by atoms with Gasteiger partial charge in [0.15, 0.2) is 0 Å². The molecule has 2 nitrogen and oxygen atoms in total. The van der Waals surface area contributed by atoms with Crippen LogP contribution in [0.2, 0.25) is 6.32 Å². The van der Waals surface area contributed by atoms with E-state index in [0.717, 1.165) is 18.2 Å². The number of allylic oxidation sites excluding steroid dienone is 2. The Labute approximate surface area is 269 Å². The Morgan fingerprint density at radius 3 is 1.90 bits per heavy atom. The summed E-state index contributed by atoms with van der Waals surface area (Å²) in [5.41, 5.74) is 4.55. The first-order valence-corrected chi connectivity index (χ1v) is 18.1. The minimum Gasteiger partial charge on any atom is -0.346 e. The van der Waals surface area contributed by atoms with Crippen molar-refractivity contribution >= 4 is 56.2 Å². The topological polar surface area (TPSA) is 28.7 Å². The second-order valence-corrected chi connectivity index (χ2v) is 17.4. The van der Waals surface area contributed by atoms with Crippen molar-refractivity contribution in [2.45, 2.75) is 132 Å². The number of hydrogen-bond acceptors (Lipinski definition) is 3. The van der Waals surface area contributed by atoms with Gasteiger partial charge in [-0.3, -0.25) is 0 Å². The van der Waals surface area contributed by atoms with Crippen molar-refractivity contribution in [1.29, 1.82) is 0 Å². The van der Waals surface area contributed by atoms with Crippen molar-refractivity contribution in [3.63, 3.8) is 0 Å². The standard InChI is InChI=1S/C20H28BBrS2.C15H28N2/c1-14(22)8-11-21(15-9-12-23-17(15)19(2,3)4)16-10-13-24-18(16)20(5,6)7;1-6-14(15-16-10-13(5)17-15)8-7-12(4)9-11(2)3/h8-10,12-13H,11H2,1-7H3;10-12,14H,6-9H2,1-5H3,(H,16,17). The van der Waals surface area contributed by atoms with E-state index in [4.69, 9.17) is 0 Å². The van der Waals surface area contributed by atoms with Gasteiger partial charge in [-0.15, -0.1) is 22.7 Å². The first-order chi connectivity index (χ1) is 19.0. The highest BCUT2D eigenvalue weighted by Crippen LogP contribution is 2.30. The van der Waals surface area contributed by atoms with Crippen LogP contribution in [0.3, 0.4) is 0 Å². The van der Waals surface area contributed by atoms with Crippen LogP contribution in [0.4, 0.5) is 0 Å². The van der Waals surface area contributed by atoms with Crippen LogP contribution in [0.15, 0.2) is 39.6 Å². The number of thiophene rings is 2. The number of halogens is 1. The van der Waals surface area contributed by atoms with Crippen LogP contribution >= 0.6 is 38.6 Å². The molecule has 0 bridgehead atoms. The average Bonchev–Trinajstić information content (AvgIpc) is 3.60. The molecule has 0 fully saturated rings. The van der Waals surface area contributed by atoms with Crippen molar-refractivity contribution in [2.24, 2.45) is 11.8 Å². The Bertz CT molecular complexity index is 1150. The fraction of sp³-hybridized carbons (Fsp3) is 0.629. The normalized spacial score (nSPS) is 14.1. The lowest BCUT2D eigenvalue weighted by Gasteiger charge is -2.25. The van der Waals surface area contributed by atoms with Crippen LogP contribution in [-0.2, 0) is 10.8 Å². The van der Waals surface area contributed by atoms with Crippen LogP contribution < -0.4 is 10.9 Å². The summed E-state index contributed by atoms with van der Waals surface area (Å²) in [6, 6.07) is 4.69. The molecule has 0 spiro atoms. The molecule has 6 heteroatoms. The molecule has 0 saturated heterocycles. The molecule has 1 N–H and O–H groups in total. The van der Waals surface area contributed by atoms with Crippen molar-refractivity contribution in [1.82, 2.24) is 9.97 Å². The van der Waals surface area contributed by atoms with Gasteiger partial charge in [-0.2, -0.15) is 0 Å². The lowest BCUT2D eigenvalue weighted by Crippen LogP contribution is -2.46. The van der Waals surface area contributed by atoms with Gasteiger partial charge >= 0.3 is 0 Å². The third-order valence-electron chi connectivity index (χ3n) is 7.62. The maximum Gasteiger partial charge on any atom is 0.216 e. The molecular weight excluding hydrogens is 603 g/mol. The molecule has 0 radical (unpaired) electrons. The molecule has 2 atom stereocenters. The van der Waals surface area contributed by atoms with Gasteiger partial charge in [0.1, 0.15) is 5.82 Å². The Morgan fingerprint density at radius 1 is 0.976 bits per heavy atom. The van der Waals surface area contributed by atoms with Crippen LogP contribution in [0.5, 0.6) is 0 Å². The fourth-order valence-electron chi connectivity index (χ4n) is 5.69. The maximum atomic E-state index is 4.47. The zero-order chi connectivity index (χ0) is 31.0. The molecule has 3 heterocycles. The highest BCUT2D eigenvalue weighted by Gasteiger charge is 2.31. The highest BCUT2D eigenvalue weighted by atomic mass is 79.9. The molecule has 2 unspecified atom stereocenters. The Morgan fingerprint density at radius 2 is 1.51 bits per heavy atom. The number of nitrogens with zero attached hydrogens (tertiary/aromatic N) is 1. The summed E-state index contributed by atoms with van der Waals surface area (Å²) in [6.07, 6.45) is 10.4. The number of aryl methyl sites for hydroxylation is 1. The molecule has 0 aliphatic rings. The smallest absolute Gasteiger partial charge is 0.216 e. The van der Waals surface area contributed by atoms with E-state index in [2.05, 4.69) is 138 Å². The average molecular weight is 660 g/mol. The Hall–Kier alpha value is -1.11. The van der Waals surface area contributed by atoms with Gasteiger partial charge in [-0.05, 0) is 77.3 Å². The van der Waals surface area contributed by atoms with Gasteiger partial charge in [0.25, 0.3) is 0 Å². The van der Waals surface area contributed by atoms with E-state index in [1.807, 2.05) is 28.9 Å². The van der Waals surface area contributed by atoms with Crippen LogP contribution in [0.1, 0.15) is 129 Å². The predicted octanol–water partition coefficient (Wildman–Crippen LogP) is 11.0. The SMILES string of the molecule is CC(Br)=CCB(c1ccsc1C(C)(C)C)c1ccsc1C(C)(C)C.CCC(CCC(C)CC(C)C)c1ncc(C)[nH]1. The second-order valence-electron chi connectivity index (χ2n) is 14.4. The molecule has 228 valence electrons. The van der Waals surface area contributed by atoms with E-state index in [-0.39, 0.29) is 10.8 Å². The lowest BCUT2D eigenvalue weighted by atomic mass is 9.37. The second kappa shape index (κ2) is 16.1. The number of rotatable bonds is 11. The molecule has 3 aromatic rings. The molecule has 3 rings (SSSR count). The molecule has 3 aromatic heterocycles. The van der Waals surface area contributed by atoms with Gasteiger partial charge in [0.05, 0.1) is 0 Å². The molecule has 0 aliphatic carbocycles.